The molecule has 7 heteroatoms. The number of nitrogens with one attached hydrogen (secondary N) is 1. The summed E-state index contributed by atoms with van der Waals surface area (Å²) in [6, 6.07) is 10.6. The van der Waals surface area contributed by atoms with Crippen molar-refractivity contribution >= 4 is 29.2 Å². The molecule has 25 heavy (non-hydrogen) atoms. The molecule has 0 radical (unpaired) electrons. The van der Waals surface area contributed by atoms with Crippen molar-refractivity contribution in [3.05, 3.63) is 58.6 Å². The second-order valence-electron chi connectivity index (χ2n) is 5.32. The van der Waals surface area contributed by atoms with Crippen LogP contribution >= 0.6 is 11.6 Å². The lowest BCUT2D eigenvalue weighted by atomic mass is 10.1. The number of hydrogen-bond acceptors (Lipinski definition) is 4. The first-order valence-corrected chi connectivity index (χ1v) is 8.04. The predicted octanol–water partition coefficient (Wildman–Crippen LogP) is 3.44. The molecule has 1 unspecified atom stereocenters. The third-order valence-corrected chi connectivity index (χ3v) is 3.79. The highest BCUT2D eigenvalue weighted by atomic mass is 35.5. The van der Waals surface area contributed by atoms with Gasteiger partial charge in [-0.05, 0) is 36.8 Å². The van der Waals surface area contributed by atoms with Crippen molar-refractivity contribution in [2.45, 2.75) is 19.4 Å². The van der Waals surface area contributed by atoms with E-state index in [2.05, 4.69) is 5.32 Å². The Morgan fingerprint density at radius 2 is 1.88 bits per heavy atom. The number of rotatable bonds is 7. The van der Waals surface area contributed by atoms with Crippen LogP contribution in [0.3, 0.4) is 0 Å². The van der Waals surface area contributed by atoms with Crippen molar-refractivity contribution in [1.29, 1.82) is 0 Å². The Kier molecular flexibility index (Phi) is 6.38. The van der Waals surface area contributed by atoms with Gasteiger partial charge in [0.2, 0.25) is 0 Å². The Morgan fingerprint density at radius 3 is 2.48 bits per heavy atom. The fourth-order valence-corrected chi connectivity index (χ4v) is 2.30. The van der Waals surface area contributed by atoms with E-state index in [0.717, 1.165) is 0 Å². The van der Waals surface area contributed by atoms with E-state index >= 15 is 0 Å². The lowest BCUT2D eigenvalue weighted by molar-refractivity contribution is 0.0692. The minimum atomic E-state index is -1.18. The highest BCUT2D eigenvalue weighted by Crippen LogP contribution is 2.28. The number of aliphatic hydroxyl groups is 1. The van der Waals surface area contributed by atoms with Crippen LogP contribution in [0.2, 0.25) is 5.02 Å². The van der Waals surface area contributed by atoms with Gasteiger partial charge in [-0.15, -0.1) is 0 Å². The molecule has 0 spiro atoms. The number of aliphatic hydroxyl groups excluding tert-OH is 1. The van der Waals surface area contributed by atoms with Crippen LogP contribution < -0.4 is 10.1 Å². The Morgan fingerprint density at radius 1 is 1.20 bits per heavy atom. The van der Waals surface area contributed by atoms with Crippen LogP contribution in [0.1, 0.15) is 34.1 Å². The fraction of sp³-hybridized carbons (Fsp3) is 0.222. The van der Waals surface area contributed by atoms with Crippen molar-refractivity contribution in [1.82, 2.24) is 0 Å². The molecule has 0 heterocycles. The predicted molar refractivity (Wildman–Crippen MR) is 94.6 cm³/mol. The first-order chi connectivity index (χ1) is 11.9. The molecular formula is C18H18ClNO5. The lowest BCUT2D eigenvalue weighted by Crippen LogP contribution is -2.17. The first-order valence-electron chi connectivity index (χ1n) is 7.66. The standard InChI is InChI=1S/C18H18ClNO5/c1-2-12(21)10-25-16-8-7-11(9-15(16)19)20-17(22)13-5-3-4-6-14(13)18(23)24/h3-9,12,21H,2,10H2,1H3,(H,20,22)(H,23,24). The molecule has 0 aliphatic rings. The number of carboxylic acids is 1. The molecule has 0 aliphatic carbocycles. The van der Waals surface area contributed by atoms with Crippen LogP contribution in [0.4, 0.5) is 5.69 Å². The summed E-state index contributed by atoms with van der Waals surface area (Å²) in [4.78, 5) is 23.5. The minimum Gasteiger partial charge on any atom is -0.489 e. The highest BCUT2D eigenvalue weighted by molar-refractivity contribution is 6.32. The Hall–Kier alpha value is -2.57. The van der Waals surface area contributed by atoms with Gasteiger partial charge < -0.3 is 20.3 Å². The zero-order chi connectivity index (χ0) is 18.4. The maximum atomic E-state index is 12.3. The summed E-state index contributed by atoms with van der Waals surface area (Å²) in [5.41, 5.74) is 0.371. The molecule has 2 aromatic rings. The highest BCUT2D eigenvalue weighted by Gasteiger charge is 2.16. The number of amides is 1. The molecule has 0 aliphatic heterocycles. The second-order valence-corrected chi connectivity index (χ2v) is 5.73. The third kappa shape index (κ3) is 4.95. The van der Waals surface area contributed by atoms with Crippen LogP contribution in [-0.4, -0.2) is 34.8 Å². The number of hydrogen-bond donors (Lipinski definition) is 3. The fourth-order valence-electron chi connectivity index (χ4n) is 2.07. The smallest absolute Gasteiger partial charge is 0.336 e. The van der Waals surface area contributed by atoms with E-state index in [9.17, 15) is 14.7 Å². The van der Waals surface area contributed by atoms with Gasteiger partial charge in [0.1, 0.15) is 12.4 Å². The van der Waals surface area contributed by atoms with E-state index < -0.39 is 18.0 Å². The van der Waals surface area contributed by atoms with E-state index in [-0.39, 0.29) is 22.8 Å². The van der Waals surface area contributed by atoms with Gasteiger partial charge in [-0.3, -0.25) is 4.79 Å². The maximum absolute atomic E-state index is 12.3. The molecule has 132 valence electrons. The molecule has 0 saturated carbocycles. The minimum absolute atomic E-state index is 0.0533. The Labute approximate surface area is 150 Å². The van der Waals surface area contributed by atoms with E-state index in [1.54, 1.807) is 24.3 Å². The van der Waals surface area contributed by atoms with Crippen LogP contribution in [-0.2, 0) is 0 Å². The summed E-state index contributed by atoms with van der Waals surface area (Å²) in [5, 5.41) is 21.5. The summed E-state index contributed by atoms with van der Waals surface area (Å²) in [6.07, 6.45) is -0.0164. The lowest BCUT2D eigenvalue weighted by Gasteiger charge is -2.13. The van der Waals surface area contributed by atoms with Crippen LogP contribution in [0.15, 0.2) is 42.5 Å². The van der Waals surface area contributed by atoms with Crippen molar-refractivity contribution in [2.24, 2.45) is 0 Å². The zero-order valence-electron chi connectivity index (χ0n) is 13.5. The Balaban J connectivity index is 2.12. The number of carbonyl (C=O) groups is 2. The quantitative estimate of drug-likeness (QED) is 0.700. The van der Waals surface area contributed by atoms with Gasteiger partial charge in [-0.1, -0.05) is 30.7 Å². The van der Waals surface area contributed by atoms with Crippen LogP contribution in [0.5, 0.6) is 5.75 Å². The summed E-state index contributed by atoms with van der Waals surface area (Å²) >= 11 is 6.12. The topological polar surface area (TPSA) is 95.9 Å². The molecule has 0 aromatic heterocycles. The second kappa shape index (κ2) is 8.50. The molecule has 6 nitrogen and oxygen atoms in total. The molecule has 0 saturated heterocycles. The number of carboxylic acid groups (broad SMARTS) is 1. The molecule has 1 amide bonds. The summed E-state index contributed by atoms with van der Waals surface area (Å²) < 4.78 is 5.41. The molecule has 2 rings (SSSR count). The van der Waals surface area contributed by atoms with Gasteiger partial charge in [-0.2, -0.15) is 0 Å². The number of carbonyl (C=O) groups excluding carboxylic acids is 1. The van der Waals surface area contributed by atoms with Gasteiger partial charge in [0.25, 0.3) is 5.91 Å². The van der Waals surface area contributed by atoms with Gasteiger partial charge >= 0.3 is 5.97 Å². The SMILES string of the molecule is CCC(O)COc1ccc(NC(=O)c2ccccc2C(=O)O)cc1Cl. The van der Waals surface area contributed by atoms with E-state index in [1.807, 2.05) is 6.92 Å². The molecule has 1 atom stereocenters. The summed E-state index contributed by atoms with van der Waals surface area (Å²) in [5.74, 6) is -1.34. The van der Waals surface area contributed by atoms with Crippen LogP contribution in [0.25, 0.3) is 0 Å². The number of halogens is 1. The third-order valence-electron chi connectivity index (χ3n) is 3.49. The number of benzene rings is 2. The summed E-state index contributed by atoms with van der Waals surface area (Å²) in [7, 11) is 0. The number of ether oxygens (including phenoxy) is 1. The molecule has 0 bridgehead atoms. The van der Waals surface area contributed by atoms with E-state index in [4.69, 9.17) is 21.4 Å². The molecule has 3 N–H and O–H groups in total. The van der Waals surface area contributed by atoms with E-state index in [1.165, 1.54) is 18.2 Å². The van der Waals surface area contributed by atoms with Crippen LogP contribution in [0, 0.1) is 0 Å². The van der Waals surface area contributed by atoms with Crippen molar-refractivity contribution < 1.29 is 24.5 Å². The van der Waals surface area contributed by atoms with Crippen molar-refractivity contribution in [2.75, 3.05) is 11.9 Å². The average Bonchev–Trinajstić information content (AvgIpc) is 2.60. The van der Waals surface area contributed by atoms with Gasteiger partial charge in [0, 0.05) is 5.69 Å². The monoisotopic (exact) mass is 363 g/mol. The first kappa shape index (κ1) is 18.8. The maximum Gasteiger partial charge on any atom is 0.336 e. The molecule has 0 fully saturated rings. The average molecular weight is 364 g/mol. The van der Waals surface area contributed by atoms with Crippen molar-refractivity contribution in [3.8, 4) is 5.75 Å². The molecular weight excluding hydrogens is 346 g/mol. The van der Waals surface area contributed by atoms with Gasteiger partial charge in [0.15, 0.2) is 0 Å². The summed E-state index contributed by atoms with van der Waals surface area (Å²) in [6.45, 7) is 1.96. The number of anilines is 1. The van der Waals surface area contributed by atoms with Gasteiger partial charge in [0.05, 0.1) is 22.3 Å². The molecule has 2 aromatic carbocycles. The van der Waals surface area contributed by atoms with Gasteiger partial charge in [-0.25, -0.2) is 4.79 Å². The Bertz CT molecular complexity index is 778. The number of aromatic carboxylic acids is 1. The largest absolute Gasteiger partial charge is 0.489 e. The normalized spacial score (nSPS) is 11.6. The van der Waals surface area contributed by atoms with E-state index in [0.29, 0.717) is 17.9 Å². The van der Waals surface area contributed by atoms with Crippen molar-refractivity contribution in [3.63, 3.8) is 0 Å². The zero-order valence-corrected chi connectivity index (χ0v) is 14.3.